The predicted octanol–water partition coefficient (Wildman–Crippen LogP) is 3.85. The van der Waals surface area contributed by atoms with Gasteiger partial charge in [-0.05, 0) is 38.5 Å². The molecule has 0 saturated heterocycles. The van der Waals surface area contributed by atoms with Gasteiger partial charge in [0.1, 0.15) is 17.4 Å². The number of benzene rings is 1. The molecule has 2 atom stereocenters. The smallest absolute Gasteiger partial charge is 0.336 e. The monoisotopic (exact) mass is 270 g/mol. The summed E-state index contributed by atoms with van der Waals surface area (Å²) in [4.78, 5) is 11.6. The summed E-state index contributed by atoms with van der Waals surface area (Å²) in [5.74, 6) is 1.16. The first-order valence-electron chi connectivity index (χ1n) is 6.90. The highest BCUT2D eigenvalue weighted by atomic mass is 16.5. The molecule has 1 aromatic carbocycles. The summed E-state index contributed by atoms with van der Waals surface area (Å²) in [5.41, 5.74) is 3.38. The van der Waals surface area contributed by atoms with Crippen molar-refractivity contribution in [1.29, 1.82) is 0 Å². The molecule has 3 heteroatoms. The van der Waals surface area contributed by atoms with Crippen LogP contribution in [0.5, 0.6) is 5.75 Å². The Kier molecular flexibility index (Phi) is 2.93. The lowest BCUT2D eigenvalue weighted by atomic mass is 9.93. The Bertz CT molecular complexity index is 768. The van der Waals surface area contributed by atoms with E-state index in [1.54, 1.807) is 0 Å². The molecule has 1 aromatic heterocycles. The SMILES string of the molecule is C/C=C/C1Oc2c(cc3c(C)cc(=O)oc3c2C)C1C. The van der Waals surface area contributed by atoms with Gasteiger partial charge in [-0.25, -0.2) is 4.79 Å². The maximum Gasteiger partial charge on any atom is 0.336 e. The van der Waals surface area contributed by atoms with Crippen molar-refractivity contribution in [3.63, 3.8) is 0 Å². The molecule has 1 aliphatic rings. The average Bonchev–Trinajstić information content (AvgIpc) is 2.70. The summed E-state index contributed by atoms with van der Waals surface area (Å²) in [5, 5.41) is 0.998. The number of rotatable bonds is 1. The van der Waals surface area contributed by atoms with Gasteiger partial charge in [0, 0.05) is 28.5 Å². The van der Waals surface area contributed by atoms with Crippen molar-refractivity contribution in [3.8, 4) is 5.75 Å². The van der Waals surface area contributed by atoms with Crippen LogP contribution in [0.15, 0.2) is 33.5 Å². The van der Waals surface area contributed by atoms with Crippen molar-refractivity contribution in [2.75, 3.05) is 0 Å². The molecule has 1 aliphatic heterocycles. The van der Waals surface area contributed by atoms with Crippen molar-refractivity contribution in [1.82, 2.24) is 0 Å². The van der Waals surface area contributed by atoms with Crippen LogP contribution in [0.1, 0.15) is 36.5 Å². The van der Waals surface area contributed by atoms with E-state index in [0.717, 1.165) is 22.3 Å². The lowest BCUT2D eigenvalue weighted by Crippen LogP contribution is -2.12. The zero-order valence-corrected chi connectivity index (χ0v) is 12.2. The van der Waals surface area contributed by atoms with Crippen LogP contribution in [-0.2, 0) is 0 Å². The van der Waals surface area contributed by atoms with Crippen molar-refractivity contribution >= 4 is 11.0 Å². The van der Waals surface area contributed by atoms with Gasteiger partial charge in [-0.2, -0.15) is 0 Å². The molecular weight excluding hydrogens is 252 g/mol. The maximum absolute atomic E-state index is 11.6. The van der Waals surface area contributed by atoms with Crippen LogP contribution in [0.25, 0.3) is 11.0 Å². The molecule has 0 radical (unpaired) electrons. The van der Waals surface area contributed by atoms with Crippen molar-refractivity contribution in [3.05, 3.63) is 51.4 Å². The van der Waals surface area contributed by atoms with Gasteiger partial charge < -0.3 is 9.15 Å². The minimum absolute atomic E-state index is 0.0533. The van der Waals surface area contributed by atoms with E-state index in [2.05, 4.69) is 19.1 Å². The summed E-state index contributed by atoms with van der Waals surface area (Å²) in [6.45, 7) is 8.05. The lowest BCUT2D eigenvalue weighted by Gasteiger charge is -2.09. The van der Waals surface area contributed by atoms with Gasteiger partial charge in [0.15, 0.2) is 0 Å². The Balaban J connectivity index is 2.30. The molecule has 2 heterocycles. The van der Waals surface area contributed by atoms with Crippen molar-refractivity contribution in [2.24, 2.45) is 0 Å². The summed E-state index contributed by atoms with van der Waals surface area (Å²) in [6, 6.07) is 3.64. The molecule has 3 rings (SSSR count). The van der Waals surface area contributed by atoms with Crippen LogP contribution in [0.2, 0.25) is 0 Å². The Labute approximate surface area is 117 Å². The number of allylic oxidation sites excluding steroid dienone is 1. The zero-order chi connectivity index (χ0) is 14.4. The second-order valence-corrected chi connectivity index (χ2v) is 5.44. The van der Waals surface area contributed by atoms with E-state index in [1.165, 1.54) is 11.6 Å². The summed E-state index contributed by atoms with van der Waals surface area (Å²) in [7, 11) is 0. The molecule has 2 unspecified atom stereocenters. The number of aryl methyl sites for hydroxylation is 2. The Morgan fingerprint density at radius 1 is 1.25 bits per heavy atom. The lowest BCUT2D eigenvalue weighted by molar-refractivity contribution is 0.260. The largest absolute Gasteiger partial charge is 0.485 e. The number of fused-ring (bicyclic) bond motifs is 2. The van der Waals surface area contributed by atoms with Crippen LogP contribution < -0.4 is 10.4 Å². The first-order valence-corrected chi connectivity index (χ1v) is 6.90. The molecule has 0 bridgehead atoms. The summed E-state index contributed by atoms with van der Waals surface area (Å²) in [6.07, 6.45) is 4.13. The zero-order valence-electron chi connectivity index (χ0n) is 12.2. The average molecular weight is 270 g/mol. The van der Waals surface area contributed by atoms with E-state index in [-0.39, 0.29) is 11.7 Å². The third-order valence-corrected chi connectivity index (χ3v) is 4.07. The molecule has 3 nitrogen and oxygen atoms in total. The van der Waals surface area contributed by atoms with Gasteiger partial charge in [0.2, 0.25) is 0 Å². The standard InChI is InChI=1S/C17H18O3/c1-5-6-14-10(3)13-8-12-9(2)7-15(18)20-16(12)11(4)17(13)19-14/h5-8,10,14H,1-4H3/b6-5+. The molecule has 0 fully saturated rings. The third kappa shape index (κ3) is 1.77. The molecule has 0 amide bonds. The van der Waals surface area contributed by atoms with E-state index in [4.69, 9.17) is 9.15 Å². The fourth-order valence-electron chi connectivity index (χ4n) is 2.92. The van der Waals surface area contributed by atoms with E-state index >= 15 is 0 Å². The molecule has 0 aliphatic carbocycles. The molecule has 0 N–H and O–H groups in total. The van der Waals surface area contributed by atoms with E-state index < -0.39 is 0 Å². The van der Waals surface area contributed by atoms with E-state index in [9.17, 15) is 4.79 Å². The molecule has 0 spiro atoms. The molecule has 104 valence electrons. The Hall–Kier alpha value is -2.03. The highest BCUT2D eigenvalue weighted by Gasteiger charge is 2.32. The number of ether oxygens (including phenoxy) is 1. The highest BCUT2D eigenvalue weighted by Crippen LogP contribution is 2.44. The normalized spacial score (nSPS) is 21.4. The number of hydrogen-bond acceptors (Lipinski definition) is 3. The first kappa shape index (κ1) is 13.0. The minimum atomic E-state index is -0.311. The quantitative estimate of drug-likeness (QED) is 0.583. The van der Waals surface area contributed by atoms with Crippen LogP contribution in [0, 0.1) is 13.8 Å². The molecule has 0 saturated carbocycles. The fourth-order valence-corrected chi connectivity index (χ4v) is 2.92. The predicted molar refractivity (Wildman–Crippen MR) is 79.6 cm³/mol. The van der Waals surface area contributed by atoms with Crippen LogP contribution in [0.3, 0.4) is 0 Å². The fraction of sp³-hybridized carbons (Fsp3) is 0.353. The summed E-state index contributed by atoms with van der Waals surface area (Å²) >= 11 is 0. The van der Waals surface area contributed by atoms with Gasteiger partial charge in [-0.3, -0.25) is 0 Å². The Morgan fingerprint density at radius 3 is 2.70 bits per heavy atom. The maximum atomic E-state index is 11.6. The third-order valence-electron chi connectivity index (χ3n) is 4.07. The van der Waals surface area contributed by atoms with Crippen LogP contribution >= 0.6 is 0 Å². The molecular formula is C17H18O3. The van der Waals surface area contributed by atoms with Gasteiger partial charge in [0.25, 0.3) is 0 Å². The highest BCUT2D eigenvalue weighted by molar-refractivity contribution is 5.86. The molecule has 2 aromatic rings. The van der Waals surface area contributed by atoms with Crippen molar-refractivity contribution in [2.45, 2.75) is 39.7 Å². The van der Waals surface area contributed by atoms with Gasteiger partial charge in [-0.1, -0.05) is 13.0 Å². The van der Waals surface area contributed by atoms with Crippen molar-refractivity contribution < 1.29 is 9.15 Å². The second-order valence-electron chi connectivity index (χ2n) is 5.44. The number of hydrogen-bond donors (Lipinski definition) is 0. The minimum Gasteiger partial charge on any atom is -0.485 e. The van der Waals surface area contributed by atoms with Gasteiger partial charge in [-0.15, -0.1) is 0 Å². The Morgan fingerprint density at radius 2 is 2.00 bits per heavy atom. The summed E-state index contributed by atoms with van der Waals surface area (Å²) < 4.78 is 11.4. The van der Waals surface area contributed by atoms with E-state index in [1.807, 2.05) is 26.8 Å². The van der Waals surface area contributed by atoms with Crippen LogP contribution in [0.4, 0.5) is 0 Å². The topological polar surface area (TPSA) is 39.4 Å². The van der Waals surface area contributed by atoms with Gasteiger partial charge >= 0.3 is 5.63 Å². The molecule has 20 heavy (non-hydrogen) atoms. The second kappa shape index (κ2) is 4.51. The van der Waals surface area contributed by atoms with E-state index in [0.29, 0.717) is 11.5 Å². The van der Waals surface area contributed by atoms with Crippen LogP contribution in [-0.4, -0.2) is 6.10 Å². The van der Waals surface area contributed by atoms with Gasteiger partial charge in [0.05, 0.1) is 0 Å². The first-order chi connectivity index (χ1) is 9.52.